The van der Waals surface area contributed by atoms with Crippen LogP contribution in [0.2, 0.25) is 0 Å². The Hall–Kier alpha value is -4.47. The molecule has 4 aromatic rings. The molecule has 9 heteroatoms. The normalized spacial score (nSPS) is 14.0. The summed E-state index contributed by atoms with van der Waals surface area (Å²) in [5.41, 5.74) is 6.43. The van der Waals surface area contributed by atoms with E-state index in [9.17, 15) is 0 Å². The van der Waals surface area contributed by atoms with E-state index >= 15 is 0 Å². The van der Waals surface area contributed by atoms with Crippen LogP contribution in [0, 0.1) is 0 Å². The standard InChI is InChI=1S/C36H43N3O6/c1-40-31-19-28(20-32(41-2)35(31)44-5)27-10-7-9-25(17-27)23-38-13-8-14-39(16-15-38)24-26-11-12-37-30(18-26)29-21-33(42-3)36(45-6)34(22-29)43-4/h7,9-12,17-22H,8,13-16,23-24H2,1-6H3. The maximum absolute atomic E-state index is 5.58. The molecule has 5 rings (SSSR count). The Kier molecular flexibility index (Phi) is 10.7. The van der Waals surface area contributed by atoms with Crippen molar-refractivity contribution >= 4 is 0 Å². The molecule has 0 saturated carbocycles. The van der Waals surface area contributed by atoms with Crippen LogP contribution in [0.4, 0.5) is 0 Å². The predicted molar refractivity (Wildman–Crippen MR) is 176 cm³/mol. The molecule has 238 valence electrons. The van der Waals surface area contributed by atoms with Gasteiger partial charge in [-0.2, -0.15) is 0 Å². The molecule has 0 unspecified atom stereocenters. The summed E-state index contributed by atoms with van der Waals surface area (Å²) in [5.74, 6) is 3.69. The average Bonchev–Trinajstić information content (AvgIpc) is 3.31. The summed E-state index contributed by atoms with van der Waals surface area (Å²) in [6.07, 6.45) is 2.98. The lowest BCUT2D eigenvalue weighted by Gasteiger charge is -2.22. The molecule has 1 fully saturated rings. The molecule has 2 heterocycles. The van der Waals surface area contributed by atoms with E-state index in [1.165, 1.54) is 11.1 Å². The lowest BCUT2D eigenvalue weighted by Crippen LogP contribution is -2.30. The second-order valence-corrected chi connectivity index (χ2v) is 11.0. The summed E-state index contributed by atoms with van der Waals surface area (Å²) in [7, 11) is 9.76. The first kappa shape index (κ1) is 31.9. The van der Waals surface area contributed by atoms with E-state index in [1.807, 2.05) is 30.5 Å². The fourth-order valence-corrected chi connectivity index (χ4v) is 5.91. The van der Waals surface area contributed by atoms with Crippen LogP contribution in [0.1, 0.15) is 17.5 Å². The zero-order chi connectivity index (χ0) is 31.8. The smallest absolute Gasteiger partial charge is 0.203 e. The summed E-state index contributed by atoms with van der Waals surface area (Å²) < 4.78 is 33.3. The predicted octanol–water partition coefficient (Wildman–Crippen LogP) is 6.18. The van der Waals surface area contributed by atoms with Gasteiger partial charge in [-0.15, -0.1) is 0 Å². The van der Waals surface area contributed by atoms with Crippen molar-refractivity contribution in [2.24, 2.45) is 0 Å². The zero-order valence-corrected chi connectivity index (χ0v) is 27.1. The molecule has 0 aliphatic carbocycles. The van der Waals surface area contributed by atoms with Gasteiger partial charge < -0.3 is 28.4 Å². The molecule has 1 aromatic heterocycles. The first-order chi connectivity index (χ1) is 22.0. The molecule has 3 aromatic carbocycles. The summed E-state index contributed by atoms with van der Waals surface area (Å²) in [6, 6.07) is 20.8. The minimum Gasteiger partial charge on any atom is -0.493 e. The third kappa shape index (κ3) is 7.44. The molecule has 0 spiro atoms. The van der Waals surface area contributed by atoms with Gasteiger partial charge >= 0.3 is 0 Å². The molecule has 1 saturated heterocycles. The van der Waals surface area contributed by atoms with Gasteiger partial charge in [-0.05, 0) is 84.2 Å². The van der Waals surface area contributed by atoms with Gasteiger partial charge in [-0.3, -0.25) is 14.8 Å². The van der Waals surface area contributed by atoms with Crippen molar-refractivity contribution in [3.8, 4) is 56.9 Å². The molecule has 1 aliphatic rings. The van der Waals surface area contributed by atoms with E-state index in [0.29, 0.717) is 34.5 Å². The molecule has 0 atom stereocenters. The third-order valence-electron chi connectivity index (χ3n) is 8.20. The van der Waals surface area contributed by atoms with Crippen molar-refractivity contribution in [2.45, 2.75) is 19.5 Å². The largest absolute Gasteiger partial charge is 0.493 e. The number of benzene rings is 3. The Labute approximate surface area is 266 Å². The van der Waals surface area contributed by atoms with Crippen LogP contribution >= 0.6 is 0 Å². The number of nitrogens with zero attached hydrogens (tertiary/aromatic N) is 3. The minimum absolute atomic E-state index is 0.571. The Morgan fingerprint density at radius 1 is 0.533 bits per heavy atom. The van der Waals surface area contributed by atoms with E-state index in [2.05, 4.69) is 51.2 Å². The number of methoxy groups -OCH3 is 6. The second kappa shape index (κ2) is 15.0. The van der Waals surface area contributed by atoms with Crippen molar-refractivity contribution in [1.29, 1.82) is 0 Å². The van der Waals surface area contributed by atoms with Crippen molar-refractivity contribution in [3.63, 3.8) is 0 Å². The fraction of sp³-hybridized carbons (Fsp3) is 0.361. The van der Waals surface area contributed by atoms with Crippen LogP contribution in [0.3, 0.4) is 0 Å². The molecule has 9 nitrogen and oxygen atoms in total. The third-order valence-corrected chi connectivity index (χ3v) is 8.20. The summed E-state index contributed by atoms with van der Waals surface area (Å²) in [4.78, 5) is 9.72. The van der Waals surface area contributed by atoms with Crippen molar-refractivity contribution in [2.75, 3.05) is 68.8 Å². The van der Waals surface area contributed by atoms with E-state index in [0.717, 1.165) is 68.1 Å². The summed E-state index contributed by atoms with van der Waals surface area (Å²) in [6.45, 7) is 5.85. The summed E-state index contributed by atoms with van der Waals surface area (Å²) in [5, 5.41) is 0. The molecule has 45 heavy (non-hydrogen) atoms. The van der Waals surface area contributed by atoms with Gasteiger partial charge in [0.2, 0.25) is 11.5 Å². The SMILES string of the molecule is COc1cc(-c2cccc(CN3CCCN(Cc4ccnc(-c5cc(OC)c(OC)c(OC)c5)c4)CC3)c2)cc(OC)c1OC. The lowest BCUT2D eigenvalue weighted by atomic mass is 10.0. The molecule has 1 aliphatic heterocycles. The quantitative estimate of drug-likeness (QED) is 0.186. The summed E-state index contributed by atoms with van der Waals surface area (Å²) >= 11 is 0. The highest BCUT2D eigenvalue weighted by molar-refractivity contribution is 5.72. The van der Waals surface area contributed by atoms with E-state index < -0.39 is 0 Å². The molecule has 0 N–H and O–H groups in total. The van der Waals surface area contributed by atoms with Gasteiger partial charge in [0.1, 0.15) is 0 Å². The first-order valence-electron chi connectivity index (χ1n) is 15.1. The van der Waals surface area contributed by atoms with Gasteiger partial charge in [0.25, 0.3) is 0 Å². The van der Waals surface area contributed by atoms with Gasteiger partial charge in [-0.1, -0.05) is 18.2 Å². The average molecular weight is 614 g/mol. The molecular weight excluding hydrogens is 570 g/mol. The van der Waals surface area contributed by atoms with E-state index in [1.54, 1.807) is 42.7 Å². The van der Waals surface area contributed by atoms with Crippen LogP contribution in [0.5, 0.6) is 34.5 Å². The molecule has 0 amide bonds. The first-order valence-corrected chi connectivity index (χ1v) is 15.1. The topological polar surface area (TPSA) is 74.8 Å². The number of hydrogen-bond acceptors (Lipinski definition) is 9. The fourth-order valence-electron chi connectivity index (χ4n) is 5.91. The van der Waals surface area contributed by atoms with Crippen molar-refractivity contribution < 1.29 is 28.4 Å². The number of aromatic nitrogens is 1. The maximum atomic E-state index is 5.58. The number of ether oxygens (including phenoxy) is 6. The number of rotatable bonds is 12. The van der Waals surface area contributed by atoms with Gasteiger partial charge in [0, 0.05) is 37.9 Å². The van der Waals surface area contributed by atoms with E-state index in [-0.39, 0.29) is 0 Å². The highest BCUT2D eigenvalue weighted by Crippen LogP contribution is 2.42. The second-order valence-electron chi connectivity index (χ2n) is 11.0. The Morgan fingerprint density at radius 2 is 1.04 bits per heavy atom. The van der Waals surface area contributed by atoms with Gasteiger partial charge in [0.05, 0.1) is 48.4 Å². The van der Waals surface area contributed by atoms with Crippen LogP contribution < -0.4 is 28.4 Å². The highest BCUT2D eigenvalue weighted by atomic mass is 16.5. The minimum atomic E-state index is 0.571. The number of pyridine rings is 1. The zero-order valence-electron chi connectivity index (χ0n) is 27.1. The monoisotopic (exact) mass is 613 g/mol. The molecular formula is C36H43N3O6. The van der Waals surface area contributed by atoms with E-state index in [4.69, 9.17) is 28.4 Å². The van der Waals surface area contributed by atoms with Crippen molar-refractivity contribution in [3.05, 3.63) is 78.0 Å². The van der Waals surface area contributed by atoms with Crippen molar-refractivity contribution in [1.82, 2.24) is 14.8 Å². The van der Waals surface area contributed by atoms with Crippen LogP contribution in [0.25, 0.3) is 22.4 Å². The number of hydrogen-bond donors (Lipinski definition) is 0. The Bertz CT molecular complexity index is 1430. The van der Waals surface area contributed by atoms with Gasteiger partial charge in [0.15, 0.2) is 23.0 Å². The van der Waals surface area contributed by atoms with Crippen LogP contribution in [-0.2, 0) is 13.1 Å². The Morgan fingerprint density at radius 3 is 1.56 bits per heavy atom. The van der Waals surface area contributed by atoms with Gasteiger partial charge in [-0.25, -0.2) is 0 Å². The molecule has 0 radical (unpaired) electrons. The van der Waals surface area contributed by atoms with Crippen LogP contribution in [-0.4, -0.2) is 83.6 Å². The maximum Gasteiger partial charge on any atom is 0.203 e. The molecule has 0 bridgehead atoms. The highest BCUT2D eigenvalue weighted by Gasteiger charge is 2.19. The Balaban J connectivity index is 1.25. The van der Waals surface area contributed by atoms with Crippen LogP contribution in [0.15, 0.2) is 66.9 Å². The lowest BCUT2D eigenvalue weighted by molar-refractivity contribution is 0.247.